The van der Waals surface area contributed by atoms with E-state index in [1.54, 1.807) is 7.11 Å². The Kier molecular flexibility index (Phi) is 6.41. The van der Waals surface area contributed by atoms with Gasteiger partial charge in [0, 0.05) is 19.6 Å². The summed E-state index contributed by atoms with van der Waals surface area (Å²) in [6.45, 7) is 16.8. The van der Waals surface area contributed by atoms with Gasteiger partial charge in [-0.3, -0.25) is 0 Å². The van der Waals surface area contributed by atoms with E-state index in [1.807, 2.05) is 6.08 Å². The summed E-state index contributed by atoms with van der Waals surface area (Å²) < 4.78 is 22.4. The molecule has 1 aliphatic rings. The zero-order chi connectivity index (χ0) is 15.4. The van der Waals surface area contributed by atoms with Gasteiger partial charge in [-0.2, -0.15) is 0 Å². The maximum Gasteiger partial charge on any atom is 0.191 e. The standard InChI is InChI=1S/C15H30O4Si/c1-8-13(18-11-16-5)12(14-10-17-14)9-19-20(6,7)15(2,3)4/h8,12-14H,1,9-11H2,2-7H3/t12-,13-,14-/m1/s1. The number of rotatable bonds is 9. The Hall–Kier alpha value is -0.203. The van der Waals surface area contributed by atoms with E-state index in [0.717, 1.165) is 6.61 Å². The van der Waals surface area contributed by atoms with Gasteiger partial charge in [-0.25, -0.2) is 0 Å². The van der Waals surface area contributed by atoms with Crippen LogP contribution in [-0.2, 0) is 18.6 Å². The van der Waals surface area contributed by atoms with Gasteiger partial charge >= 0.3 is 0 Å². The molecule has 0 radical (unpaired) electrons. The van der Waals surface area contributed by atoms with E-state index >= 15 is 0 Å². The predicted octanol–water partition coefficient (Wildman–Crippen LogP) is 3.20. The largest absolute Gasteiger partial charge is 0.416 e. The summed E-state index contributed by atoms with van der Waals surface area (Å²) in [5.74, 6) is 0.191. The van der Waals surface area contributed by atoms with Crippen LogP contribution in [0.4, 0.5) is 0 Å². The summed E-state index contributed by atoms with van der Waals surface area (Å²) in [6, 6.07) is 0. The van der Waals surface area contributed by atoms with Crippen LogP contribution >= 0.6 is 0 Å². The summed E-state index contributed by atoms with van der Waals surface area (Å²) >= 11 is 0. The molecule has 0 aromatic heterocycles. The molecule has 0 aromatic carbocycles. The predicted molar refractivity (Wildman–Crippen MR) is 83.3 cm³/mol. The maximum absolute atomic E-state index is 6.31. The molecular weight excluding hydrogens is 272 g/mol. The molecule has 4 nitrogen and oxygen atoms in total. The maximum atomic E-state index is 6.31. The molecule has 118 valence electrons. The van der Waals surface area contributed by atoms with Crippen LogP contribution in [0.1, 0.15) is 20.8 Å². The molecule has 1 aliphatic heterocycles. The summed E-state index contributed by atoms with van der Waals surface area (Å²) in [5.41, 5.74) is 0. The number of methoxy groups -OCH3 is 1. The van der Waals surface area contributed by atoms with Gasteiger partial charge in [-0.1, -0.05) is 26.8 Å². The van der Waals surface area contributed by atoms with Crippen molar-refractivity contribution in [3.8, 4) is 0 Å². The Bertz CT molecular complexity index is 307. The first-order chi connectivity index (χ1) is 9.23. The van der Waals surface area contributed by atoms with E-state index in [4.69, 9.17) is 18.6 Å². The fraction of sp³-hybridized carbons (Fsp3) is 0.867. The van der Waals surface area contributed by atoms with E-state index in [0.29, 0.717) is 6.61 Å². The fourth-order valence-electron chi connectivity index (χ4n) is 1.75. The molecule has 20 heavy (non-hydrogen) atoms. The smallest absolute Gasteiger partial charge is 0.191 e. The number of ether oxygens (including phenoxy) is 3. The number of hydrogen-bond donors (Lipinski definition) is 0. The van der Waals surface area contributed by atoms with E-state index in [2.05, 4.69) is 40.4 Å². The molecule has 1 fully saturated rings. The molecule has 0 unspecified atom stereocenters. The minimum absolute atomic E-state index is 0.0905. The summed E-state index contributed by atoms with van der Waals surface area (Å²) in [5, 5.41) is 0.207. The lowest BCUT2D eigenvalue weighted by atomic mass is 10.00. The first-order valence-electron chi connectivity index (χ1n) is 7.21. The van der Waals surface area contributed by atoms with Crippen LogP contribution in [0.15, 0.2) is 12.7 Å². The van der Waals surface area contributed by atoms with Gasteiger partial charge in [0.15, 0.2) is 8.32 Å². The molecule has 0 aliphatic carbocycles. The van der Waals surface area contributed by atoms with Gasteiger partial charge in [-0.05, 0) is 18.1 Å². The molecule has 5 heteroatoms. The number of hydrogen-bond acceptors (Lipinski definition) is 4. The first-order valence-corrected chi connectivity index (χ1v) is 10.1. The lowest BCUT2D eigenvalue weighted by molar-refractivity contribution is -0.0818. The van der Waals surface area contributed by atoms with Gasteiger partial charge in [0.25, 0.3) is 0 Å². The van der Waals surface area contributed by atoms with Crippen molar-refractivity contribution in [2.45, 2.75) is 51.1 Å². The van der Waals surface area contributed by atoms with Crippen LogP contribution in [0, 0.1) is 5.92 Å². The zero-order valence-electron chi connectivity index (χ0n) is 13.8. The van der Waals surface area contributed by atoms with Crippen molar-refractivity contribution in [2.24, 2.45) is 5.92 Å². The number of epoxide rings is 1. The average molecular weight is 302 g/mol. The third-order valence-electron chi connectivity index (χ3n) is 4.31. The van der Waals surface area contributed by atoms with E-state index in [9.17, 15) is 0 Å². The average Bonchev–Trinajstić information content (AvgIpc) is 3.16. The van der Waals surface area contributed by atoms with Crippen molar-refractivity contribution in [1.82, 2.24) is 0 Å². The third kappa shape index (κ3) is 4.97. The summed E-state index contributed by atoms with van der Waals surface area (Å²) in [6.07, 6.45) is 1.95. The second-order valence-electron chi connectivity index (χ2n) is 6.88. The Labute approximate surface area is 124 Å². The molecule has 0 spiro atoms. The van der Waals surface area contributed by atoms with E-state index in [1.165, 1.54) is 0 Å². The molecule has 0 aromatic rings. The molecule has 1 heterocycles. The van der Waals surface area contributed by atoms with Crippen LogP contribution < -0.4 is 0 Å². The molecule has 0 N–H and O–H groups in total. The highest BCUT2D eigenvalue weighted by atomic mass is 28.4. The van der Waals surface area contributed by atoms with Crippen LogP contribution in [0.2, 0.25) is 18.1 Å². The van der Waals surface area contributed by atoms with Crippen LogP contribution in [-0.4, -0.2) is 47.6 Å². The van der Waals surface area contributed by atoms with Crippen LogP contribution in [0.25, 0.3) is 0 Å². The summed E-state index contributed by atoms with van der Waals surface area (Å²) in [7, 11) is -0.132. The van der Waals surface area contributed by atoms with Crippen molar-refractivity contribution in [2.75, 3.05) is 27.1 Å². The Morgan fingerprint density at radius 1 is 1.40 bits per heavy atom. The summed E-state index contributed by atoms with van der Waals surface area (Å²) in [4.78, 5) is 0. The van der Waals surface area contributed by atoms with Crippen molar-refractivity contribution < 1.29 is 18.6 Å². The molecule has 1 saturated heterocycles. The molecule has 0 saturated carbocycles. The van der Waals surface area contributed by atoms with Gasteiger partial charge in [0.1, 0.15) is 6.79 Å². The highest BCUT2D eigenvalue weighted by Crippen LogP contribution is 2.38. The molecular formula is C15H30O4Si. The van der Waals surface area contributed by atoms with Crippen molar-refractivity contribution >= 4 is 8.32 Å². The van der Waals surface area contributed by atoms with Gasteiger partial charge < -0.3 is 18.6 Å². The molecule has 0 amide bonds. The van der Waals surface area contributed by atoms with Gasteiger partial charge in [-0.15, -0.1) is 6.58 Å². The second-order valence-corrected chi connectivity index (χ2v) is 11.7. The first kappa shape index (κ1) is 17.8. The Morgan fingerprint density at radius 3 is 2.40 bits per heavy atom. The SMILES string of the molecule is C=C[C@@H](OCOC)[C@@H](CO[Si](C)(C)C(C)(C)C)[C@H]1CO1. The molecule has 0 bridgehead atoms. The Balaban J connectivity index is 2.61. The quantitative estimate of drug-likeness (QED) is 0.284. The second kappa shape index (κ2) is 7.18. The van der Waals surface area contributed by atoms with E-state index < -0.39 is 8.32 Å². The third-order valence-corrected chi connectivity index (χ3v) is 8.81. The Morgan fingerprint density at radius 2 is 2.00 bits per heavy atom. The fourth-order valence-corrected chi connectivity index (χ4v) is 2.79. The topological polar surface area (TPSA) is 40.2 Å². The highest BCUT2D eigenvalue weighted by molar-refractivity contribution is 6.74. The lowest BCUT2D eigenvalue weighted by Crippen LogP contribution is -2.44. The van der Waals surface area contributed by atoms with Crippen molar-refractivity contribution in [3.63, 3.8) is 0 Å². The highest BCUT2D eigenvalue weighted by Gasteiger charge is 2.42. The van der Waals surface area contributed by atoms with Crippen LogP contribution in [0.3, 0.4) is 0 Å². The van der Waals surface area contributed by atoms with Gasteiger partial charge in [0.2, 0.25) is 0 Å². The normalized spacial score (nSPS) is 22.4. The lowest BCUT2D eigenvalue weighted by Gasteiger charge is -2.37. The minimum atomic E-state index is -1.75. The van der Waals surface area contributed by atoms with Crippen molar-refractivity contribution in [1.29, 1.82) is 0 Å². The zero-order valence-corrected chi connectivity index (χ0v) is 14.8. The van der Waals surface area contributed by atoms with Crippen LogP contribution in [0.5, 0.6) is 0 Å². The van der Waals surface area contributed by atoms with E-state index in [-0.39, 0.29) is 30.0 Å². The minimum Gasteiger partial charge on any atom is -0.416 e. The monoisotopic (exact) mass is 302 g/mol. The molecule has 1 rings (SSSR count). The molecule has 3 atom stereocenters. The van der Waals surface area contributed by atoms with Crippen molar-refractivity contribution in [3.05, 3.63) is 12.7 Å². The van der Waals surface area contributed by atoms with Gasteiger partial charge in [0.05, 0.1) is 18.8 Å².